The number of hydrogen-bond acceptors (Lipinski definition) is 6. The van der Waals surface area contributed by atoms with E-state index in [2.05, 4.69) is 25.3 Å². The van der Waals surface area contributed by atoms with Crippen molar-refractivity contribution in [3.05, 3.63) is 29.6 Å². The summed E-state index contributed by atoms with van der Waals surface area (Å²) in [7, 11) is -0.460. The molecule has 0 aromatic carbocycles. The van der Waals surface area contributed by atoms with Crippen molar-refractivity contribution >= 4 is 16.0 Å². The lowest BCUT2D eigenvalue weighted by Crippen LogP contribution is -2.38. The largest absolute Gasteiger partial charge is 0.367 e. The summed E-state index contributed by atoms with van der Waals surface area (Å²) in [5, 5.41) is 15.5. The minimum Gasteiger partial charge on any atom is -0.367 e. The van der Waals surface area contributed by atoms with Gasteiger partial charge in [0.2, 0.25) is 0 Å². The zero-order valence-corrected chi connectivity index (χ0v) is 14.4. The molecule has 0 aliphatic heterocycles. The summed E-state index contributed by atoms with van der Waals surface area (Å²) in [6.45, 7) is 4.52. The van der Waals surface area contributed by atoms with Crippen molar-refractivity contribution in [2.45, 2.75) is 13.8 Å². The molecule has 10 heteroatoms. The standard InChI is InChI=1S/C13H21N7O2S/c1-10-9-11(2)20(18-10)13-6-5-12(16-17-13)14-7-8-15-23(21,22)19(3)4/h5-6,9,15H,7-8H2,1-4H3,(H,14,16). The van der Waals surface area contributed by atoms with Crippen LogP contribution in [0, 0.1) is 13.8 Å². The minimum absolute atomic E-state index is 0.251. The molecule has 0 spiro atoms. The number of nitrogens with zero attached hydrogens (tertiary/aromatic N) is 5. The number of hydrogen-bond donors (Lipinski definition) is 2. The molecule has 2 rings (SSSR count). The van der Waals surface area contributed by atoms with Crippen molar-refractivity contribution in [1.29, 1.82) is 0 Å². The first-order valence-electron chi connectivity index (χ1n) is 7.08. The zero-order chi connectivity index (χ0) is 17.0. The highest BCUT2D eigenvalue weighted by atomic mass is 32.2. The average Bonchev–Trinajstić information content (AvgIpc) is 2.83. The molecule has 2 aromatic rings. The van der Waals surface area contributed by atoms with Gasteiger partial charge in [-0.3, -0.25) is 0 Å². The van der Waals surface area contributed by atoms with Crippen LogP contribution in [0.1, 0.15) is 11.4 Å². The lowest BCUT2D eigenvalue weighted by molar-refractivity contribution is 0.507. The van der Waals surface area contributed by atoms with E-state index in [-0.39, 0.29) is 6.54 Å². The van der Waals surface area contributed by atoms with Crippen molar-refractivity contribution in [2.75, 3.05) is 32.5 Å². The smallest absolute Gasteiger partial charge is 0.278 e. The maximum absolute atomic E-state index is 11.5. The van der Waals surface area contributed by atoms with Crippen LogP contribution < -0.4 is 10.0 Å². The van der Waals surface area contributed by atoms with E-state index in [1.165, 1.54) is 14.1 Å². The van der Waals surface area contributed by atoms with Crippen LogP contribution in [0.3, 0.4) is 0 Å². The highest BCUT2D eigenvalue weighted by Crippen LogP contribution is 2.10. The van der Waals surface area contributed by atoms with Crippen LogP contribution in [0.5, 0.6) is 0 Å². The van der Waals surface area contributed by atoms with E-state index < -0.39 is 10.2 Å². The van der Waals surface area contributed by atoms with Crippen molar-refractivity contribution in [2.24, 2.45) is 0 Å². The second-order valence-corrected chi connectivity index (χ2v) is 7.19. The minimum atomic E-state index is -3.40. The Labute approximate surface area is 135 Å². The highest BCUT2D eigenvalue weighted by Gasteiger charge is 2.11. The fraction of sp³-hybridized carbons (Fsp3) is 0.462. The summed E-state index contributed by atoms with van der Waals surface area (Å²) in [6.07, 6.45) is 0. The summed E-state index contributed by atoms with van der Waals surface area (Å²) in [4.78, 5) is 0. The van der Waals surface area contributed by atoms with Crippen LogP contribution in [0.4, 0.5) is 5.82 Å². The predicted octanol–water partition coefficient (Wildman–Crippen LogP) is 0.0870. The molecule has 0 bridgehead atoms. The number of anilines is 1. The number of nitrogens with one attached hydrogen (secondary N) is 2. The molecule has 0 saturated heterocycles. The van der Waals surface area contributed by atoms with Crippen LogP contribution in [-0.2, 0) is 10.2 Å². The molecule has 0 aliphatic rings. The topological polar surface area (TPSA) is 105 Å². The molecule has 0 aliphatic carbocycles. The van der Waals surface area contributed by atoms with Gasteiger partial charge in [-0.2, -0.15) is 17.8 Å². The molecule has 0 radical (unpaired) electrons. The lowest BCUT2D eigenvalue weighted by atomic mass is 10.4. The molecular formula is C13H21N7O2S. The van der Waals surface area contributed by atoms with Crippen molar-refractivity contribution in [3.8, 4) is 5.82 Å². The van der Waals surface area contributed by atoms with Crippen molar-refractivity contribution in [3.63, 3.8) is 0 Å². The van der Waals surface area contributed by atoms with Gasteiger partial charge >= 0.3 is 0 Å². The normalized spacial score (nSPS) is 11.9. The van der Waals surface area contributed by atoms with Gasteiger partial charge in [-0.05, 0) is 32.0 Å². The predicted molar refractivity (Wildman–Crippen MR) is 87.7 cm³/mol. The molecule has 2 heterocycles. The maximum Gasteiger partial charge on any atom is 0.278 e. The highest BCUT2D eigenvalue weighted by molar-refractivity contribution is 7.87. The van der Waals surface area contributed by atoms with Gasteiger partial charge in [-0.15, -0.1) is 10.2 Å². The van der Waals surface area contributed by atoms with Gasteiger partial charge in [0, 0.05) is 32.9 Å². The molecular weight excluding hydrogens is 318 g/mol. The second kappa shape index (κ2) is 7.02. The summed E-state index contributed by atoms with van der Waals surface area (Å²) in [5.41, 5.74) is 1.90. The number of aromatic nitrogens is 4. The Hall–Kier alpha value is -2.04. The third kappa shape index (κ3) is 4.47. The first-order chi connectivity index (χ1) is 10.8. The first kappa shape index (κ1) is 17.3. The van der Waals surface area contributed by atoms with Crippen LogP contribution in [0.2, 0.25) is 0 Å². The summed E-state index contributed by atoms with van der Waals surface area (Å²) >= 11 is 0. The summed E-state index contributed by atoms with van der Waals surface area (Å²) in [6, 6.07) is 5.54. The average molecular weight is 339 g/mol. The third-order valence-corrected chi connectivity index (χ3v) is 4.60. The molecule has 0 unspecified atom stereocenters. The fourth-order valence-electron chi connectivity index (χ4n) is 1.89. The summed E-state index contributed by atoms with van der Waals surface area (Å²) in [5.74, 6) is 1.20. The Morgan fingerprint density at radius 2 is 1.91 bits per heavy atom. The van der Waals surface area contributed by atoms with Crippen LogP contribution in [0.25, 0.3) is 5.82 Å². The molecule has 23 heavy (non-hydrogen) atoms. The number of rotatable bonds is 7. The monoisotopic (exact) mass is 339 g/mol. The lowest BCUT2D eigenvalue weighted by Gasteiger charge is -2.12. The van der Waals surface area contributed by atoms with Gasteiger partial charge in [-0.25, -0.2) is 9.40 Å². The van der Waals surface area contributed by atoms with Gasteiger partial charge in [0.15, 0.2) is 5.82 Å². The first-order valence-corrected chi connectivity index (χ1v) is 8.52. The Morgan fingerprint density at radius 3 is 2.43 bits per heavy atom. The van der Waals surface area contributed by atoms with Gasteiger partial charge < -0.3 is 5.32 Å². The van der Waals surface area contributed by atoms with E-state index in [1.54, 1.807) is 16.8 Å². The van der Waals surface area contributed by atoms with E-state index in [1.807, 2.05) is 19.9 Å². The Balaban J connectivity index is 1.90. The zero-order valence-electron chi connectivity index (χ0n) is 13.6. The molecule has 0 atom stereocenters. The quantitative estimate of drug-likeness (QED) is 0.693. The molecule has 2 N–H and O–H groups in total. The molecule has 2 aromatic heterocycles. The Bertz CT molecular complexity index is 753. The molecule has 0 saturated carbocycles. The Kier molecular flexibility index (Phi) is 5.29. The third-order valence-electron chi connectivity index (χ3n) is 3.07. The molecule has 126 valence electrons. The van der Waals surface area contributed by atoms with Crippen molar-refractivity contribution in [1.82, 2.24) is 29.0 Å². The molecule has 9 nitrogen and oxygen atoms in total. The van der Waals surface area contributed by atoms with Crippen LogP contribution in [-0.4, -0.2) is 59.9 Å². The second-order valence-electron chi connectivity index (χ2n) is 5.22. The van der Waals surface area contributed by atoms with E-state index in [0.29, 0.717) is 18.2 Å². The van der Waals surface area contributed by atoms with Gasteiger partial charge in [0.1, 0.15) is 5.82 Å². The van der Waals surface area contributed by atoms with Gasteiger partial charge in [0.25, 0.3) is 10.2 Å². The number of aryl methyl sites for hydroxylation is 2. The summed E-state index contributed by atoms with van der Waals surface area (Å²) < 4.78 is 28.3. The SMILES string of the molecule is Cc1cc(C)n(-c2ccc(NCCNS(=O)(=O)N(C)C)nn2)n1. The van der Waals surface area contributed by atoms with E-state index in [0.717, 1.165) is 15.7 Å². The van der Waals surface area contributed by atoms with Gasteiger partial charge in [-0.1, -0.05) is 0 Å². The van der Waals surface area contributed by atoms with Gasteiger partial charge in [0.05, 0.1) is 5.69 Å². The van der Waals surface area contributed by atoms with E-state index >= 15 is 0 Å². The van der Waals surface area contributed by atoms with E-state index in [4.69, 9.17) is 0 Å². The molecule has 0 fully saturated rings. The van der Waals surface area contributed by atoms with Crippen LogP contribution >= 0.6 is 0 Å². The fourth-order valence-corrected chi connectivity index (χ4v) is 2.51. The van der Waals surface area contributed by atoms with Crippen molar-refractivity contribution < 1.29 is 8.42 Å². The molecule has 0 amide bonds. The maximum atomic E-state index is 11.5. The Morgan fingerprint density at radius 1 is 1.17 bits per heavy atom. The van der Waals surface area contributed by atoms with Crippen LogP contribution in [0.15, 0.2) is 18.2 Å². The van der Waals surface area contributed by atoms with E-state index in [9.17, 15) is 8.42 Å².